The topological polar surface area (TPSA) is 49.9 Å². The van der Waals surface area contributed by atoms with Gasteiger partial charge < -0.3 is 15.0 Å². The van der Waals surface area contributed by atoms with Gasteiger partial charge in [-0.25, -0.2) is 4.98 Å². The van der Waals surface area contributed by atoms with Crippen molar-refractivity contribution in [2.75, 3.05) is 11.9 Å². The Morgan fingerprint density at radius 1 is 0.963 bits per heavy atom. The van der Waals surface area contributed by atoms with Gasteiger partial charge >= 0.3 is 0 Å². The van der Waals surface area contributed by atoms with E-state index in [0.29, 0.717) is 0 Å². The van der Waals surface area contributed by atoms with Crippen LogP contribution in [0.2, 0.25) is 0 Å². The number of ether oxygens (including phenoxy) is 1. The lowest BCUT2D eigenvalue weighted by molar-refractivity contribution is 0.239. The highest BCUT2D eigenvalue weighted by Gasteiger charge is 2.26. The van der Waals surface area contributed by atoms with Gasteiger partial charge in [0.1, 0.15) is 17.7 Å². The molecule has 1 aromatic heterocycles. The van der Waals surface area contributed by atoms with E-state index in [1.54, 1.807) is 0 Å². The minimum atomic E-state index is 0.0821. The number of rotatable bonds is 2. The minimum Gasteiger partial charge on any atom is -0.485 e. The lowest BCUT2D eigenvalue weighted by Crippen LogP contribution is -2.03. The summed E-state index contributed by atoms with van der Waals surface area (Å²) in [6, 6.07) is 21.2. The number of para-hydroxylation sites is 2. The van der Waals surface area contributed by atoms with Crippen molar-refractivity contribution in [2.24, 2.45) is 0 Å². The molecule has 6 rings (SSSR count). The molecule has 0 saturated heterocycles. The molecule has 0 fully saturated rings. The van der Waals surface area contributed by atoms with Gasteiger partial charge in [0.2, 0.25) is 0 Å². The van der Waals surface area contributed by atoms with E-state index in [1.165, 1.54) is 22.4 Å². The van der Waals surface area contributed by atoms with E-state index in [4.69, 9.17) is 9.72 Å². The highest BCUT2D eigenvalue weighted by atomic mass is 16.5. The molecule has 132 valence electrons. The Morgan fingerprint density at radius 3 is 2.85 bits per heavy atom. The third kappa shape index (κ3) is 2.40. The van der Waals surface area contributed by atoms with Gasteiger partial charge in [0.25, 0.3) is 0 Å². The van der Waals surface area contributed by atoms with Gasteiger partial charge in [0.15, 0.2) is 0 Å². The number of hydrogen-bond acceptors (Lipinski definition) is 3. The molecule has 0 spiro atoms. The molecular weight excluding hydrogens is 334 g/mol. The molecule has 1 unspecified atom stereocenters. The number of aromatic nitrogens is 2. The molecule has 3 heterocycles. The maximum Gasteiger partial charge on any atom is 0.138 e. The molecule has 4 aromatic rings. The maximum absolute atomic E-state index is 6.32. The van der Waals surface area contributed by atoms with Crippen LogP contribution in [0.1, 0.15) is 22.8 Å². The molecule has 4 nitrogen and oxygen atoms in total. The smallest absolute Gasteiger partial charge is 0.138 e. The average Bonchev–Trinajstić information content (AvgIpc) is 3.42. The average molecular weight is 353 g/mol. The van der Waals surface area contributed by atoms with Gasteiger partial charge in [-0.1, -0.05) is 36.4 Å². The van der Waals surface area contributed by atoms with E-state index in [-0.39, 0.29) is 6.10 Å². The van der Waals surface area contributed by atoms with E-state index in [2.05, 4.69) is 46.7 Å². The predicted molar refractivity (Wildman–Crippen MR) is 107 cm³/mol. The molecule has 2 aliphatic heterocycles. The van der Waals surface area contributed by atoms with Gasteiger partial charge in [-0.05, 0) is 47.4 Å². The second-order valence-corrected chi connectivity index (χ2v) is 7.33. The molecule has 2 aliphatic rings. The van der Waals surface area contributed by atoms with Crippen molar-refractivity contribution < 1.29 is 4.74 Å². The lowest BCUT2D eigenvalue weighted by atomic mass is 10.0. The zero-order chi connectivity index (χ0) is 17.8. The highest BCUT2D eigenvalue weighted by molar-refractivity contribution is 5.79. The zero-order valence-electron chi connectivity index (χ0n) is 14.8. The number of nitrogens with one attached hydrogen (secondary N) is 2. The quantitative estimate of drug-likeness (QED) is 0.540. The van der Waals surface area contributed by atoms with Crippen LogP contribution >= 0.6 is 0 Å². The van der Waals surface area contributed by atoms with Crippen molar-refractivity contribution >= 4 is 16.7 Å². The third-order valence-electron chi connectivity index (χ3n) is 5.62. The summed E-state index contributed by atoms with van der Waals surface area (Å²) < 4.78 is 6.32. The first-order valence-electron chi connectivity index (χ1n) is 9.45. The molecule has 1 atom stereocenters. The highest BCUT2D eigenvalue weighted by Crippen LogP contribution is 2.40. The van der Waals surface area contributed by atoms with Crippen molar-refractivity contribution in [1.82, 2.24) is 9.97 Å². The Morgan fingerprint density at radius 2 is 1.89 bits per heavy atom. The van der Waals surface area contributed by atoms with E-state index in [1.807, 2.05) is 24.3 Å². The first kappa shape index (κ1) is 14.9. The summed E-state index contributed by atoms with van der Waals surface area (Å²) in [5.41, 5.74) is 8.26. The zero-order valence-corrected chi connectivity index (χ0v) is 14.8. The summed E-state index contributed by atoms with van der Waals surface area (Å²) in [4.78, 5) is 8.10. The van der Waals surface area contributed by atoms with Crippen LogP contribution in [0, 0.1) is 0 Å². The molecular formula is C23H19N3O. The van der Waals surface area contributed by atoms with Crippen molar-refractivity contribution in [3.63, 3.8) is 0 Å². The number of H-pyrrole nitrogens is 1. The SMILES string of the molecule is c1ccc2[nH]c(-c3ccc4c(c3)OC(c3ccc5c(c3)NCC5)C4)nc2c1. The Bertz CT molecular complexity index is 1140. The Hall–Kier alpha value is -3.27. The Kier molecular flexibility index (Phi) is 3.09. The fraction of sp³-hybridized carbons (Fsp3) is 0.174. The van der Waals surface area contributed by atoms with E-state index >= 15 is 0 Å². The number of benzene rings is 3. The van der Waals surface area contributed by atoms with Gasteiger partial charge in [0.05, 0.1) is 11.0 Å². The Labute approximate surface area is 157 Å². The molecule has 3 aromatic carbocycles. The van der Waals surface area contributed by atoms with Crippen LogP contribution in [-0.2, 0) is 12.8 Å². The van der Waals surface area contributed by atoms with E-state index in [9.17, 15) is 0 Å². The van der Waals surface area contributed by atoms with Crippen molar-refractivity contribution in [3.8, 4) is 17.1 Å². The van der Waals surface area contributed by atoms with Gasteiger partial charge in [-0.15, -0.1) is 0 Å². The maximum atomic E-state index is 6.32. The minimum absolute atomic E-state index is 0.0821. The Balaban J connectivity index is 1.32. The standard InChI is InChI=1S/C23H19N3O/c1-2-4-19-18(3-1)25-23(26-19)17-8-7-16-12-21(27-22(16)13-17)15-6-5-14-9-10-24-20(14)11-15/h1-8,11,13,21,24H,9-10,12H2,(H,25,26). The largest absolute Gasteiger partial charge is 0.485 e. The second kappa shape index (κ2) is 5.61. The molecule has 0 bridgehead atoms. The van der Waals surface area contributed by atoms with E-state index < -0.39 is 0 Å². The van der Waals surface area contributed by atoms with Gasteiger partial charge in [0, 0.05) is 24.2 Å². The predicted octanol–water partition coefficient (Wildman–Crippen LogP) is 4.87. The molecule has 27 heavy (non-hydrogen) atoms. The second-order valence-electron chi connectivity index (χ2n) is 7.33. The van der Waals surface area contributed by atoms with Gasteiger partial charge in [-0.2, -0.15) is 0 Å². The van der Waals surface area contributed by atoms with Crippen molar-refractivity contribution in [3.05, 3.63) is 77.4 Å². The molecule has 0 amide bonds. The number of anilines is 1. The van der Waals surface area contributed by atoms with Crippen molar-refractivity contribution in [1.29, 1.82) is 0 Å². The van der Waals surface area contributed by atoms with Crippen LogP contribution in [0.25, 0.3) is 22.4 Å². The summed E-state index contributed by atoms with van der Waals surface area (Å²) >= 11 is 0. The fourth-order valence-electron chi connectivity index (χ4n) is 4.16. The van der Waals surface area contributed by atoms with Crippen LogP contribution in [0.3, 0.4) is 0 Å². The molecule has 0 saturated carbocycles. The lowest BCUT2D eigenvalue weighted by Gasteiger charge is -2.12. The monoisotopic (exact) mass is 353 g/mol. The molecule has 0 radical (unpaired) electrons. The molecule has 4 heteroatoms. The first-order valence-corrected chi connectivity index (χ1v) is 9.45. The number of fused-ring (bicyclic) bond motifs is 3. The number of nitrogens with zero attached hydrogens (tertiary/aromatic N) is 1. The van der Waals surface area contributed by atoms with Gasteiger partial charge in [-0.3, -0.25) is 0 Å². The summed E-state index contributed by atoms with van der Waals surface area (Å²) in [7, 11) is 0. The van der Waals surface area contributed by atoms with Crippen LogP contribution in [0.15, 0.2) is 60.7 Å². The number of aromatic amines is 1. The molecule has 0 aliphatic carbocycles. The van der Waals surface area contributed by atoms with E-state index in [0.717, 1.165) is 47.6 Å². The number of imidazole rings is 1. The molecule has 2 N–H and O–H groups in total. The fourth-order valence-corrected chi connectivity index (χ4v) is 4.16. The van der Waals surface area contributed by atoms with Crippen LogP contribution in [-0.4, -0.2) is 16.5 Å². The first-order chi connectivity index (χ1) is 13.3. The summed E-state index contributed by atoms with van der Waals surface area (Å²) in [5.74, 6) is 1.85. The van der Waals surface area contributed by atoms with Crippen molar-refractivity contribution in [2.45, 2.75) is 18.9 Å². The van der Waals surface area contributed by atoms with Crippen LogP contribution < -0.4 is 10.1 Å². The normalized spacial score (nSPS) is 17.4. The summed E-state index contributed by atoms with van der Waals surface area (Å²) in [6.07, 6.45) is 2.11. The number of hydrogen-bond donors (Lipinski definition) is 2. The third-order valence-corrected chi connectivity index (χ3v) is 5.62. The summed E-state index contributed by atoms with van der Waals surface area (Å²) in [6.45, 7) is 1.03. The summed E-state index contributed by atoms with van der Waals surface area (Å²) in [5, 5.41) is 3.46. The van der Waals surface area contributed by atoms with Crippen LogP contribution in [0.5, 0.6) is 5.75 Å². The van der Waals surface area contributed by atoms with Crippen LogP contribution in [0.4, 0.5) is 5.69 Å².